The van der Waals surface area contributed by atoms with Gasteiger partial charge in [-0.1, -0.05) is 0 Å². The second kappa shape index (κ2) is 7.18. The van der Waals surface area contributed by atoms with Crippen LogP contribution in [0.15, 0.2) is 30.6 Å². The Balaban J connectivity index is 1.75. The zero-order valence-electron chi connectivity index (χ0n) is 14.3. The SMILES string of the molecule is CCOc1cc2c(cc1CN[C@@H](C)c1cncc(F)c1)O[C@H](C)C2. The van der Waals surface area contributed by atoms with Crippen LogP contribution in [0.3, 0.4) is 0 Å². The van der Waals surface area contributed by atoms with Crippen molar-refractivity contribution in [1.82, 2.24) is 10.3 Å². The molecule has 0 saturated heterocycles. The van der Waals surface area contributed by atoms with Crippen LogP contribution in [0.25, 0.3) is 0 Å². The Morgan fingerprint density at radius 3 is 2.96 bits per heavy atom. The highest BCUT2D eigenvalue weighted by molar-refractivity contribution is 5.48. The van der Waals surface area contributed by atoms with Crippen LogP contribution in [0.2, 0.25) is 0 Å². The van der Waals surface area contributed by atoms with Gasteiger partial charge >= 0.3 is 0 Å². The van der Waals surface area contributed by atoms with Gasteiger partial charge < -0.3 is 14.8 Å². The van der Waals surface area contributed by atoms with Gasteiger partial charge in [0, 0.05) is 36.3 Å². The van der Waals surface area contributed by atoms with E-state index in [1.807, 2.05) is 19.9 Å². The lowest BCUT2D eigenvalue weighted by molar-refractivity contribution is 0.254. The van der Waals surface area contributed by atoms with Gasteiger partial charge in [0.1, 0.15) is 23.4 Å². The van der Waals surface area contributed by atoms with Crippen LogP contribution in [0.4, 0.5) is 4.39 Å². The van der Waals surface area contributed by atoms with Gasteiger partial charge in [-0.05, 0) is 44.5 Å². The van der Waals surface area contributed by atoms with Crippen molar-refractivity contribution in [2.75, 3.05) is 6.61 Å². The first kappa shape index (κ1) is 16.7. The third-order valence-electron chi connectivity index (χ3n) is 4.20. The van der Waals surface area contributed by atoms with Crippen LogP contribution in [0, 0.1) is 5.82 Å². The molecule has 1 aromatic heterocycles. The summed E-state index contributed by atoms with van der Waals surface area (Å²) in [6.07, 6.45) is 4.00. The molecule has 1 aliphatic rings. The van der Waals surface area contributed by atoms with Gasteiger partial charge in [0.2, 0.25) is 0 Å². The number of ether oxygens (including phenoxy) is 2. The van der Waals surface area contributed by atoms with Gasteiger partial charge in [0.15, 0.2) is 0 Å². The van der Waals surface area contributed by atoms with E-state index in [0.29, 0.717) is 13.2 Å². The number of halogens is 1. The number of fused-ring (bicyclic) bond motifs is 1. The summed E-state index contributed by atoms with van der Waals surface area (Å²) >= 11 is 0. The van der Waals surface area contributed by atoms with Crippen molar-refractivity contribution < 1.29 is 13.9 Å². The molecule has 0 amide bonds. The molecule has 2 heterocycles. The van der Waals surface area contributed by atoms with Crippen LogP contribution in [-0.2, 0) is 13.0 Å². The molecule has 0 saturated carbocycles. The average Bonchev–Trinajstić information content (AvgIpc) is 2.91. The van der Waals surface area contributed by atoms with E-state index in [4.69, 9.17) is 9.47 Å². The number of hydrogen-bond donors (Lipinski definition) is 1. The average molecular weight is 330 g/mol. The van der Waals surface area contributed by atoms with Crippen molar-refractivity contribution in [1.29, 1.82) is 0 Å². The number of aromatic nitrogens is 1. The van der Waals surface area contributed by atoms with Crippen LogP contribution in [-0.4, -0.2) is 17.7 Å². The predicted octanol–water partition coefficient (Wildman–Crippen LogP) is 3.79. The Labute approximate surface area is 142 Å². The van der Waals surface area contributed by atoms with E-state index in [2.05, 4.69) is 23.3 Å². The van der Waals surface area contributed by atoms with E-state index in [1.54, 1.807) is 6.20 Å². The molecular formula is C19H23FN2O2. The number of hydrogen-bond acceptors (Lipinski definition) is 4. The summed E-state index contributed by atoms with van der Waals surface area (Å²) in [5.41, 5.74) is 3.05. The molecule has 128 valence electrons. The monoisotopic (exact) mass is 330 g/mol. The van der Waals surface area contributed by atoms with E-state index >= 15 is 0 Å². The van der Waals surface area contributed by atoms with E-state index in [1.165, 1.54) is 17.8 Å². The third-order valence-corrected chi connectivity index (χ3v) is 4.20. The smallest absolute Gasteiger partial charge is 0.141 e. The molecule has 0 fully saturated rings. The van der Waals surface area contributed by atoms with E-state index in [0.717, 1.165) is 29.0 Å². The molecule has 2 atom stereocenters. The normalized spacial score (nSPS) is 17.2. The first-order chi connectivity index (χ1) is 11.6. The Kier molecular flexibility index (Phi) is 5.00. The van der Waals surface area contributed by atoms with Gasteiger partial charge in [-0.25, -0.2) is 4.39 Å². The number of rotatable bonds is 6. The highest BCUT2D eigenvalue weighted by atomic mass is 19.1. The van der Waals surface area contributed by atoms with Gasteiger partial charge in [0.25, 0.3) is 0 Å². The summed E-state index contributed by atoms with van der Waals surface area (Å²) in [6, 6.07) is 5.61. The van der Waals surface area contributed by atoms with Gasteiger partial charge in [0.05, 0.1) is 12.8 Å². The topological polar surface area (TPSA) is 43.4 Å². The Hall–Kier alpha value is -2.14. The van der Waals surface area contributed by atoms with Crippen molar-refractivity contribution in [3.8, 4) is 11.5 Å². The number of nitrogens with one attached hydrogen (secondary N) is 1. The van der Waals surface area contributed by atoms with Crippen LogP contribution >= 0.6 is 0 Å². The molecular weight excluding hydrogens is 307 g/mol. The minimum atomic E-state index is -0.323. The quantitative estimate of drug-likeness (QED) is 0.875. The predicted molar refractivity (Wildman–Crippen MR) is 90.9 cm³/mol. The van der Waals surface area contributed by atoms with E-state index < -0.39 is 0 Å². The molecule has 0 bridgehead atoms. The minimum Gasteiger partial charge on any atom is -0.494 e. The molecule has 4 nitrogen and oxygen atoms in total. The first-order valence-electron chi connectivity index (χ1n) is 8.36. The Morgan fingerprint density at radius 1 is 1.38 bits per heavy atom. The second-order valence-electron chi connectivity index (χ2n) is 6.17. The lowest BCUT2D eigenvalue weighted by Crippen LogP contribution is -2.19. The summed E-state index contributed by atoms with van der Waals surface area (Å²) in [5, 5.41) is 3.40. The molecule has 0 unspecified atom stereocenters. The van der Waals surface area contributed by atoms with Crippen molar-refractivity contribution in [3.63, 3.8) is 0 Å². The molecule has 0 radical (unpaired) electrons. The van der Waals surface area contributed by atoms with Gasteiger partial charge in [-0.2, -0.15) is 0 Å². The number of pyridine rings is 1. The standard InChI is InChI=1S/C19H23FN2O2/c1-4-23-18-7-14-5-12(2)24-19(14)8-16(18)10-22-13(3)15-6-17(20)11-21-9-15/h6-9,11-13,22H,4-5,10H2,1-3H3/t12-,13+/m1/s1. The number of nitrogens with zero attached hydrogens (tertiary/aromatic N) is 1. The zero-order valence-corrected chi connectivity index (χ0v) is 14.3. The maximum absolute atomic E-state index is 13.3. The van der Waals surface area contributed by atoms with Crippen LogP contribution in [0.5, 0.6) is 11.5 Å². The maximum atomic E-state index is 13.3. The molecule has 2 aromatic rings. The summed E-state index contributed by atoms with van der Waals surface area (Å²) < 4.78 is 24.9. The molecule has 1 aromatic carbocycles. The lowest BCUT2D eigenvalue weighted by atomic mass is 10.1. The largest absolute Gasteiger partial charge is 0.494 e. The fourth-order valence-electron chi connectivity index (χ4n) is 2.96. The highest BCUT2D eigenvalue weighted by Gasteiger charge is 2.22. The maximum Gasteiger partial charge on any atom is 0.141 e. The fraction of sp³-hybridized carbons (Fsp3) is 0.421. The Bertz CT molecular complexity index is 721. The highest BCUT2D eigenvalue weighted by Crippen LogP contribution is 2.35. The molecule has 3 rings (SSSR count). The fourth-order valence-corrected chi connectivity index (χ4v) is 2.96. The first-order valence-corrected chi connectivity index (χ1v) is 8.36. The number of benzene rings is 1. The third kappa shape index (κ3) is 3.67. The van der Waals surface area contributed by atoms with Crippen molar-refractivity contribution in [2.45, 2.75) is 45.9 Å². The molecule has 1 N–H and O–H groups in total. The van der Waals surface area contributed by atoms with Crippen molar-refractivity contribution >= 4 is 0 Å². The van der Waals surface area contributed by atoms with Gasteiger partial charge in [-0.15, -0.1) is 0 Å². The summed E-state index contributed by atoms with van der Waals surface area (Å²) in [4.78, 5) is 3.90. The van der Waals surface area contributed by atoms with Gasteiger partial charge in [-0.3, -0.25) is 4.98 Å². The molecule has 0 spiro atoms. The molecule has 24 heavy (non-hydrogen) atoms. The minimum absolute atomic E-state index is 0.0178. The van der Waals surface area contributed by atoms with Crippen molar-refractivity contribution in [3.05, 3.63) is 53.1 Å². The van der Waals surface area contributed by atoms with Crippen molar-refractivity contribution in [2.24, 2.45) is 0 Å². The second-order valence-corrected chi connectivity index (χ2v) is 6.17. The lowest BCUT2D eigenvalue weighted by Gasteiger charge is -2.17. The summed E-state index contributed by atoms with van der Waals surface area (Å²) in [6.45, 7) is 7.26. The van der Waals surface area contributed by atoms with E-state index in [9.17, 15) is 4.39 Å². The van der Waals surface area contributed by atoms with E-state index in [-0.39, 0.29) is 18.0 Å². The Morgan fingerprint density at radius 2 is 2.21 bits per heavy atom. The van der Waals surface area contributed by atoms with Crippen LogP contribution < -0.4 is 14.8 Å². The molecule has 0 aliphatic carbocycles. The molecule has 1 aliphatic heterocycles. The summed E-state index contributed by atoms with van der Waals surface area (Å²) in [5.74, 6) is 1.49. The molecule has 5 heteroatoms. The summed E-state index contributed by atoms with van der Waals surface area (Å²) in [7, 11) is 0. The van der Waals surface area contributed by atoms with Crippen LogP contribution in [0.1, 0.15) is 43.5 Å². The zero-order chi connectivity index (χ0) is 17.1.